The summed E-state index contributed by atoms with van der Waals surface area (Å²) in [5.74, 6) is 0.503. The maximum Gasteiger partial charge on any atom is 0.241 e. The predicted molar refractivity (Wildman–Crippen MR) is 70.1 cm³/mol. The van der Waals surface area contributed by atoms with Crippen LogP contribution in [0.2, 0.25) is 0 Å². The smallest absolute Gasteiger partial charge is 0.241 e. The Morgan fingerprint density at radius 3 is 2.76 bits per heavy atom. The largest absolute Gasteiger partial charge is 0.324 e. The van der Waals surface area contributed by atoms with Gasteiger partial charge in [-0.05, 0) is 44.4 Å². The molecule has 1 aliphatic rings. The van der Waals surface area contributed by atoms with Crippen LogP contribution in [-0.2, 0) is 4.79 Å². The lowest BCUT2D eigenvalue weighted by atomic mass is 10.0. The molecule has 1 aromatic rings. The highest BCUT2D eigenvalue weighted by molar-refractivity contribution is 5.95. The van der Waals surface area contributed by atoms with Gasteiger partial charge in [0.25, 0.3) is 0 Å². The Labute approximate surface area is 103 Å². The highest BCUT2D eigenvalue weighted by atomic mass is 16.2. The molecule has 2 rings (SSSR count). The number of benzene rings is 1. The molecule has 1 aromatic carbocycles. The fourth-order valence-electron chi connectivity index (χ4n) is 2.35. The molecule has 0 aromatic heterocycles. The Hall–Kier alpha value is -1.35. The topological polar surface area (TPSA) is 41.1 Å². The third kappa shape index (κ3) is 2.67. The van der Waals surface area contributed by atoms with Gasteiger partial charge in [-0.15, -0.1) is 0 Å². The Kier molecular flexibility index (Phi) is 3.48. The summed E-state index contributed by atoms with van der Waals surface area (Å²) in [4.78, 5) is 12.1. The molecule has 3 heteroatoms. The average molecular weight is 232 g/mol. The molecule has 2 unspecified atom stereocenters. The first-order valence-corrected chi connectivity index (χ1v) is 6.19. The van der Waals surface area contributed by atoms with E-state index in [0.29, 0.717) is 5.92 Å². The fraction of sp³-hybridized carbons (Fsp3) is 0.500. The second-order valence-corrected chi connectivity index (χ2v) is 5.01. The molecule has 17 heavy (non-hydrogen) atoms. The second kappa shape index (κ2) is 4.88. The van der Waals surface area contributed by atoms with Crippen molar-refractivity contribution >= 4 is 11.6 Å². The van der Waals surface area contributed by atoms with E-state index in [1.54, 1.807) is 0 Å². The summed E-state index contributed by atoms with van der Waals surface area (Å²) < 4.78 is 0. The van der Waals surface area contributed by atoms with E-state index in [0.717, 1.165) is 24.2 Å². The normalized spacial score (nSPS) is 23.7. The molecule has 3 nitrogen and oxygen atoms in total. The summed E-state index contributed by atoms with van der Waals surface area (Å²) >= 11 is 0. The van der Waals surface area contributed by atoms with Crippen LogP contribution in [0.5, 0.6) is 0 Å². The van der Waals surface area contributed by atoms with Gasteiger partial charge in [0.1, 0.15) is 0 Å². The number of rotatable bonds is 2. The lowest BCUT2D eigenvalue weighted by Crippen LogP contribution is -2.39. The fourth-order valence-corrected chi connectivity index (χ4v) is 2.35. The predicted octanol–water partition coefficient (Wildman–Crippen LogP) is 2.24. The minimum Gasteiger partial charge on any atom is -0.324 e. The van der Waals surface area contributed by atoms with Crippen LogP contribution in [-0.4, -0.2) is 18.5 Å². The van der Waals surface area contributed by atoms with Crippen LogP contribution in [0.15, 0.2) is 18.2 Å². The molecule has 0 radical (unpaired) electrons. The number of hydrogen-bond donors (Lipinski definition) is 2. The van der Waals surface area contributed by atoms with Crippen LogP contribution in [0, 0.1) is 19.8 Å². The Morgan fingerprint density at radius 2 is 2.18 bits per heavy atom. The van der Waals surface area contributed by atoms with Gasteiger partial charge in [0.05, 0.1) is 6.04 Å². The highest BCUT2D eigenvalue weighted by Crippen LogP contribution is 2.19. The van der Waals surface area contributed by atoms with Crippen LogP contribution in [0.4, 0.5) is 5.69 Å². The number of nitrogens with one attached hydrogen (secondary N) is 2. The van der Waals surface area contributed by atoms with Gasteiger partial charge >= 0.3 is 0 Å². The van der Waals surface area contributed by atoms with Gasteiger partial charge in [-0.25, -0.2) is 0 Å². The Bertz CT molecular complexity index is 428. The van der Waals surface area contributed by atoms with Crippen LogP contribution in [0.25, 0.3) is 0 Å². The lowest BCUT2D eigenvalue weighted by molar-refractivity contribution is -0.118. The molecule has 2 atom stereocenters. The van der Waals surface area contributed by atoms with Gasteiger partial charge in [-0.2, -0.15) is 0 Å². The Balaban J connectivity index is 2.07. The van der Waals surface area contributed by atoms with Gasteiger partial charge in [-0.3, -0.25) is 4.79 Å². The van der Waals surface area contributed by atoms with Gasteiger partial charge in [0.2, 0.25) is 5.91 Å². The van der Waals surface area contributed by atoms with Crippen molar-refractivity contribution in [3.8, 4) is 0 Å². The zero-order chi connectivity index (χ0) is 12.4. The van der Waals surface area contributed by atoms with Gasteiger partial charge < -0.3 is 10.6 Å². The maximum absolute atomic E-state index is 12.1. The van der Waals surface area contributed by atoms with Crippen LogP contribution < -0.4 is 10.6 Å². The third-order valence-corrected chi connectivity index (χ3v) is 3.46. The molecule has 2 N–H and O–H groups in total. The molecular weight excluding hydrogens is 212 g/mol. The van der Waals surface area contributed by atoms with Crippen molar-refractivity contribution in [2.24, 2.45) is 5.92 Å². The van der Waals surface area contributed by atoms with Gasteiger partial charge in [0, 0.05) is 5.69 Å². The minimum absolute atomic E-state index is 0.0456. The van der Waals surface area contributed by atoms with E-state index in [2.05, 4.69) is 30.5 Å². The first-order valence-electron chi connectivity index (χ1n) is 6.19. The molecule has 1 fully saturated rings. The van der Waals surface area contributed by atoms with Crippen molar-refractivity contribution in [2.45, 2.75) is 33.2 Å². The van der Waals surface area contributed by atoms with Crippen molar-refractivity contribution in [2.75, 3.05) is 11.9 Å². The van der Waals surface area contributed by atoms with Crippen LogP contribution >= 0.6 is 0 Å². The molecule has 1 amide bonds. The van der Waals surface area contributed by atoms with Crippen molar-refractivity contribution in [1.29, 1.82) is 0 Å². The highest BCUT2D eigenvalue weighted by Gasteiger charge is 2.29. The first kappa shape index (κ1) is 12.1. The minimum atomic E-state index is -0.0456. The van der Waals surface area contributed by atoms with Crippen molar-refractivity contribution in [3.05, 3.63) is 29.3 Å². The third-order valence-electron chi connectivity index (χ3n) is 3.46. The van der Waals surface area contributed by atoms with E-state index in [-0.39, 0.29) is 11.9 Å². The molecule has 0 bridgehead atoms. The van der Waals surface area contributed by atoms with Gasteiger partial charge in [0.15, 0.2) is 0 Å². The molecule has 0 spiro atoms. The van der Waals surface area contributed by atoms with Crippen LogP contribution in [0.1, 0.15) is 24.5 Å². The van der Waals surface area contributed by atoms with E-state index in [4.69, 9.17) is 0 Å². The standard InChI is InChI=1S/C14H20N2O/c1-9-4-5-12(11(3)8-9)16-14(17)13-10(2)6-7-15-13/h4-5,8,10,13,15H,6-7H2,1-3H3,(H,16,17). The Morgan fingerprint density at radius 1 is 1.41 bits per heavy atom. The number of amides is 1. The summed E-state index contributed by atoms with van der Waals surface area (Å²) in [6.07, 6.45) is 1.07. The average Bonchev–Trinajstić information content (AvgIpc) is 2.68. The summed E-state index contributed by atoms with van der Waals surface area (Å²) in [6.45, 7) is 7.13. The zero-order valence-electron chi connectivity index (χ0n) is 10.7. The van der Waals surface area contributed by atoms with E-state index in [1.165, 1.54) is 5.56 Å². The van der Waals surface area contributed by atoms with Crippen molar-refractivity contribution in [3.63, 3.8) is 0 Å². The maximum atomic E-state index is 12.1. The molecule has 0 aliphatic carbocycles. The molecular formula is C14H20N2O. The van der Waals surface area contributed by atoms with Crippen molar-refractivity contribution < 1.29 is 4.79 Å². The zero-order valence-corrected chi connectivity index (χ0v) is 10.7. The lowest BCUT2D eigenvalue weighted by Gasteiger charge is -2.16. The SMILES string of the molecule is Cc1ccc(NC(=O)C2NCCC2C)c(C)c1. The van der Waals surface area contributed by atoms with Gasteiger partial charge in [-0.1, -0.05) is 24.6 Å². The quantitative estimate of drug-likeness (QED) is 0.821. The summed E-state index contributed by atoms with van der Waals surface area (Å²) in [5.41, 5.74) is 3.25. The number of carbonyl (C=O) groups excluding carboxylic acids is 1. The number of aryl methyl sites for hydroxylation is 2. The first-order chi connectivity index (χ1) is 8.08. The van der Waals surface area contributed by atoms with Crippen LogP contribution in [0.3, 0.4) is 0 Å². The summed E-state index contributed by atoms with van der Waals surface area (Å²) in [5, 5.41) is 6.25. The molecule has 0 saturated carbocycles. The van der Waals surface area contributed by atoms with E-state index >= 15 is 0 Å². The monoisotopic (exact) mass is 232 g/mol. The van der Waals surface area contributed by atoms with E-state index < -0.39 is 0 Å². The second-order valence-electron chi connectivity index (χ2n) is 5.01. The number of hydrogen-bond acceptors (Lipinski definition) is 2. The van der Waals surface area contributed by atoms with E-state index in [1.807, 2.05) is 19.1 Å². The summed E-state index contributed by atoms with van der Waals surface area (Å²) in [7, 11) is 0. The molecule has 1 heterocycles. The van der Waals surface area contributed by atoms with Crippen molar-refractivity contribution in [1.82, 2.24) is 5.32 Å². The number of carbonyl (C=O) groups is 1. The number of anilines is 1. The molecule has 1 saturated heterocycles. The van der Waals surface area contributed by atoms with E-state index in [9.17, 15) is 4.79 Å². The molecule has 92 valence electrons. The molecule has 1 aliphatic heterocycles. The summed E-state index contributed by atoms with van der Waals surface area (Å²) in [6, 6.07) is 6.04.